The van der Waals surface area contributed by atoms with Crippen molar-refractivity contribution in [2.75, 3.05) is 37.8 Å². The molecule has 3 aromatic carbocycles. The van der Waals surface area contributed by atoms with E-state index in [1.807, 2.05) is 12.1 Å². The van der Waals surface area contributed by atoms with Crippen LogP contribution < -0.4 is 42.5 Å². The first-order valence-electron chi connectivity index (χ1n) is 25.7. The van der Waals surface area contributed by atoms with Gasteiger partial charge in [-0.2, -0.15) is 0 Å². The van der Waals surface area contributed by atoms with Crippen molar-refractivity contribution in [3.63, 3.8) is 0 Å². The highest BCUT2D eigenvalue weighted by Crippen LogP contribution is 2.32. The van der Waals surface area contributed by atoms with E-state index in [9.17, 15) is 38.4 Å². The third kappa shape index (κ3) is 13.4. The Labute approximate surface area is 422 Å². The van der Waals surface area contributed by atoms with Crippen LogP contribution in [0.2, 0.25) is 0 Å². The Balaban J connectivity index is 1.04. The molecule has 386 valence electrons. The van der Waals surface area contributed by atoms with Gasteiger partial charge in [0, 0.05) is 47.7 Å². The molecule has 18 nitrogen and oxygen atoms in total. The van der Waals surface area contributed by atoms with E-state index in [1.165, 1.54) is 34.1 Å². The average Bonchev–Trinajstić information content (AvgIpc) is 4.04. The van der Waals surface area contributed by atoms with Crippen molar-refractivity contribution in [2.45, 2.75) is 139 Å². The van der Waals surface area contributed by atoms with E-state index in [2.05, 4.69) is 42.5 Å². The molecule has 3 aromatic rings. The summed E-state index contributed by atoms with van der Waals surface area (Å²) in [4.78, 5) is 114. The van der Waals surface area contributed by atoms with E-state index in [0.29, 0.717) is 11.4 Å². The predicted octanol–water partition coefficient (Wildman–Crippen LogP) is 3.71. The first-order chi connectivity index (χ1) is 34.7. The van der Waals surface area contributed by atoms with Crippen molar-refractivity contribution in [2.24, 2.45) is 11.8 Å². The number of hydrogen-bond acceptors (Lipinski definition) is 10. The summed E-state index contributed by atoms with van der Waals surface area (Å²) < 4.78 is 0. The topological polar surface area (TPSA) is 239 Å². The SMILES string of the molecule is CN[C@@H](C)C(=O)N[C@H](C(=O)N1C[C@@H](NC(=O)c2ccc(C(=O)N[C@H]3C[C@@H](C(=O)Nc4ccccc4)N(C(=O)[C@@H](NC(=O)[C@H](C)NC)C4CCCCC4)C3)cc2)C[C@H]1C(=O)Nc1ccccc1)C1CCCCC1. The van der Waals surface area contributed by atoms with Gasteiger partial charge in [-0.3, -0.25) is 38.4 Å². The average molecular weight is 989 g/mol. The molecule has 0 unspecified atom stereocenters. The molecule has 0 spiro atoms. The first-order valence-corrected chi connectivity index (χ1v) is 25.7. The van der Waals surface area contributed by atoms with Gasteiger partial charge in [-0.05, 0) is 127 Å². The lowest BCUT2D eigenvalue weighted by Gasteiger charge is -2.35. The van der Waals surface area contributed by atoms with E-state index in [-0.39, 0.29) is 72.5 Å². The van der Waals surface area contributed by atoms with Gasteiger partial charge in [-0.1, -0.05) is 74.9 Å². The van der Waals surface area contributed by atoms with Crippen molar-refractivity contribution in [3.8, 4) is 0 Å². The highest BCUT2D eigenvalue weighted by atomic mass is 16.2. The van der Waals surface area contributed by atoms with Gasteiger partial charge >= 0.3 is 0 Å². The lowest BCUT2D eigenvalue weighted by molar-refractivity contribution is -0.142. The molecule has 2 saturated heterocycles. The molecule has 0 bridgehead atoms. The smallest absolute Gasteiger partial charge is 0.251 e. The number of likely N-dealkylation sites (N-methyl/N-ethyl adjacent to an activating group) is 2. The second-order valence-corrected chi connectivity index (χ2v) is 19.9. The van der Waals surface area contributed by atoms with Gasteiger partial charge in [0.05, 0.1) is 12.1 Å². The maximum Gasteiger partial charge on any atom is 0.251 e. The number of nitrogens with zero attached hydrogens (tertiary/aromatic N) is 2. The number of likely N-dealkylation sites (tertiary alicyclic amines) is 2. The minimum Gasteiger partial charge on any atom is -0.347 e. The molecule has 4 fully saturated rings. The maximum atomic E-state index is 14.6. The summed E-state index contributed by atoms with van der Waals surface area (Å²) in [5.74, 6) is -3.34. The van der Waals surface area contributed by atoms with Crippen molar-refractivity contribution in [3.05, 3.63) is 96.1 Å². The summed E-state index contributed by atoms with van der Waals surface area (Å²) in [5.41, 5.74) is 1.60. The number of benzene rings is 3. The fourth-order valence-corrected chi connectivity index (χ4v) is 10.5. The molecule has 8 N–H and O–H groups in total. The summed E-state index contributed by atoms with van der Waals surface area (Å²) in [6.45, 7) is 3.51. The van der Waals surface area contributed by atoms with Crippen LogP contribution in [0.1, 0.15) is 112 Å². The van der Waals surface area contributed by atoms with Crippen LogP contribution in [0.3, 0.4) is 0 Å². The van der Waals surface area contributed by atoms with Crippen molar-refractivity contribution >= 4 is 58.6 Å². The zero-order valence-corrected chi connectivity index (χ0v) is 41.9. The standard InChI is InChI=1S/C54H72N10O8/c1-33(55-3)47(65)61-45(35-17-9-5-10-18-35)53(71)63-31-41(29-43(63)51(69)57-39-21-13-7-14-22-39)59-49(67)37-25-27-38(28-26-37)50(68)60-42-30-44(52(70)58-40-23-15-8-16-24-40)64(32-42)54(72)46(36-19-11-6-12-20-36)62-48(66)34(2)56-4/h7-8,13-16,21-28,33-36,41-46,55-56H,5-6,9-12,17-20,29-32H2,1-4H3,(H,57,69)(H,58,70)(H,59,67)(H,60,68)(H,61,65)(H,62,66)/t33-,34-,41-,42-,43-,44-,45-,46-/m0/s1. The number of hydrogen-bond donors (Lipinski definition) is 8. The fourth-order valence-electron chi connectivity index (χ4n) is 10.5. The quantitative estimate of drug-likeness (QED) is 0.0920. The molecule has 8 amide bonds. The summed E-state index contributed by atoms with van der Waals surface area (Å²) in [6, 6.07) is 18.0. The lowest BCUT2D eigenvalue weighted by atomic mass is 9.83. The molecule has 2 heterocycles. The van der Waals surface area contributed by atoms with Crippen LogP contribution in [0, 0.1) is 11.8 Å². The van der Waals surface area contributed by atoms with Crippen LogP contribution in [-0.2, 0) is 28.8 Å². The van der Waals surface area contributed by atoms with E-state index in [0.717, 1.165) is 64.2 Å². The van der Waals surface area contributed by atoms with Crippen LogP contribution in [0.4, 0.5) is 11.4 Å². The van der Waals surface area contributed by atoms with E-state index < -0.39 is 72.0 Å². The molecule has 0 radical (unpaired) electrons. The molecule has 2 aliphatic heterocycles. The molecular formula is C54H72N10O8. The molecule has 2 saturated carbocycles. The van der Waals surface area contributed by atoms with Gasteiger partial charge in [-0.25, -0.2) is 0 Å². The Morgan fingerprint density at radius 1 is 0.486 bits per heavy atom. The third-order valence-electron chi connectivity index (χ3n) is 15.0. The van der Waals surface area contributed by atoms with Crippen LogP contribution in [0.15, 0.2) is 84.9 Å². The number of rotatable bonds is 18. The molecule has 2 aliphatic carbocycles. The fraction of sp³-hybridized carbons (Fsp3) is 0.519. The highest BCUT2D eigenvalue weighted by molar-refractivity contribution is 6.02. The predicted molar refractivity (Wildman–Crippen MR) is 273 cm³/mol. The molecular weight excluding hydrogens is 917 g/mol. The Hall–Kier alpha value is -6.66. The highest BCUT2D eigenvalue weighted by Gasteiger charge is 2.46. The van der Waals surface area contributed by atoms with E-state index in [4.69, 9.17) is 0 Å². The minimum absolute atomic E-state index is 0.0345. The zero-order valence-electron chi connectivity index (χ0n) is 41.9. The Morgan fingerprint density at radius 2 is 0.833 bits per heavy atom. The van der Waals surface area contributed by atoms with Crippen LogP contribution in [-0.4, -0.2) is 133 Å². The second-order valence-electron chi connectivity index (χ2n) is 19.9. The number of carbonyl (C=O) groups excluding carboxylic acids is 8. The van der Waals surface area contributed by atoms with E-state index in [1.54, 1.807) is 76.5 Å². The van der Waals surface area contributed by atoms with Gasteiger partial charge in [0.1, 0.15) is 24.2 Å². The number of amides is 8. The Morgan fingerprint density at radius 3 is 1.17 bits per heavy atom. The first kappa shape index (κ1) is 53.1. The van der Waals surface area contributed by atoms with Crippen LogP contribution >= 0.6 is 0 Å². The summed E-state index contributed by atoms with van der Waals surface area (Å²) in [6.07, 6.45) is 9.10. The largest absolute Gasteiger partial charge is 0.347 e. The molecule has 0 aromatic heterocycles. The minimum atomic E-state index is -0.941. The number of nitrogens with one attached hydrogen (secondary N) is 8. The number of anilines is 2. The maximum absolute atomic E-state index is 14.6. The molecule has 4 aliphatic rings. The van der Waals surface area contributed by atoms with Crippen molar-refractivity contribution < 1.29 is 38.4 Å². The van der Waals surface area contributed by atoms with Gasteiger partial charge in [0.2, 0.25) is 35.4 Å². The van der Waals surface area contributed by atoms with Crippen molar-refractivity contribution in [1.82, 2.24) is 41.7 Å². The molecule has 8 atom stereocenters. The zero-order chi connectivity index (χ0) is 51.3. The summed E-state index contributed by atoms with van der Waals surface area (Å²) in [7, 11) is 3.35. The van der Waals surface area contributed by atoms with Gasteiger partial charge in [-0.15, -0.1) is 0 Å². The monoisotopic (exact) mass is 989 g/mol. The third-order valence-corrected chi connectivity index (χ3v) is 15.0. The molecule has 72 heavy (non-hydrogen) atoms. The lowest BCUT2D eigenvalue weighted by Crippen LogP contribution is -2.57. The second kappa shape index (κ2) is 25.1. The van der Waals surface area contributed by atoms with Crippen LogP contribution in [0.25, 0.3) is 0 Å². The van der Waals surface area contributed by atoms with Crippen LogP contribution in [0.5, 0.6) is 0 Å². The summed E-state index contributed by atoms with van der Waals surface area (Å²) >= 11 is 0. The number of para-hydroxylation sites is 2. The Kier molecular flexibility index (Phi) is 18.6. The molecule has 7 rings (SSSR count). The Bertz CT molecular complexity index is 2210. The summed E-state index contributed by atoms with van der Waals surface area (Å²) in [5, 5.41) is 23.7. The van der Waals surface area contributed by atoms with Gasteiger partial charge in [0.15, 0.2) is 0 Å². The van der Waals surface area contributed by atoms with Gasteiger partial charge < -0.3 is 52.3 Å². The number of carbonyl (C=O) groups is 8. The normalized spacial score (nSPS) is 22.1. The van der Waals surface area contributed by atoms with E-state index >= 15 is 0 Å². The van der Waals surface area contributed by atoms with Crippen molar-refractivity contribution in [1.29, 1.82) is 0 Å². The molecule has 18 heteroatoms. The van der Waals surface area contributed by atoms with Gasteiger partial charge in [0.25, 0.3) is 11.8 Å².